The Morgan fingerprint density at radius 2 is 2.05 bits per heavy atom. The summed E-state index contributed by atoms with van der Waals surface area (Å²) < 4.78 is 5.14. The molecule has 1 aromatic rings. The van der Waals surface area contributed by atoms with Gasteiger partial charge in [0.15, 0.2) is 0 Å². The summed E-state index contributed by atoms with van der Waals surface area (Å²) in [6.07, 6.45) is -0.232. The van der Waals surface area contributed by atoms with Gasteiger partial charge in [-0.1, -0.05) is 0 Å². The molecule has 0 aliphatic heterocycles. The molecule has 7 nitrogen and oxygen atoms in total. The van der Waals surface area contributed by atoms with Crippen LogP contribution in [0.3, 0.4) is 0 Å². The zero-order valence-electron chi connectivity index (χ0n) is 11.1. The van der Waals surface area contributed by atoms with Crippen LogP contribution < -0.4 is 5.32 Å². The van der Waals surface area contributed by atoms with Gasteiger partial charge in [-0.25, -0.2) is 4.79 Å². The quantitative estimate of drug-likeness (QED) is 0.482. The number of halogens is 1. The second kappa shape index (κ2) is 7.81. The number of rotatable bonds is 6. The monoisotopic (exact) mass is 407 g/mol. The van der Waals surface area contributed by atoms with Crippen molar-refractivity contribution in [2.75, 3.05) is 7.11 Å². The van der Waals surface area contributed by atoms with Crippen molar-refractivity contribution in [2.24, 2.45) is 0 Å². The number of nitrogens with one attached hydrogen (secondary N) is 1. The number of amides is 1. The number of hydrogen-bond donors (Lipinski definition) is 3. The first-order valence-corrected chi connectivity index (χ1v) is 7.02. The smallest absolute Gasteiger partial charge is 0.326 e. The van der Waals surface area contributed by atoms with Crippen molar-refractivity contribution in [2.45, 2.75) is 18.9 Å². The second-order valence-corrected chi connectivity index (χ2v) is 5.39. The summed E-state index contributed by atoms with van der Waals surface area (Å²) in [5.74, 6) is -2.79. The molecule has 8 heteroatoms. The third-order valence-corrected chi connectivity index (χ3v) is 3.34. The van der Waals surface area contributed by atoms with E-state index in [1.807, 2.05) is 22.6 Å². The molecule has 0 saturated carbocycles. The minimum atomic E-state index is -1.27. The molecule has 0 aliphatic carbocycles. The molecular formula is C13H14INO6. The van der Waals surface area contributed by atoms with E-state index in [2.05, 4.69) is 10.1 Å². The maximum atomic E-state index is 12.0. The Balaban J connectivity index is 2.79. The number of hydrogen-bond acceptors (Lipinski definition) is 5. The molecule has 0 heterocycles. The molecule has 1 amide bonds. The zero-order chi connectivity index (χ0) is 16.0. The van der Waals surface area contributed by atoms with Crippen LogP contribution in [0.15, 0.2) is 18.2 Å². The average molecular weight is 407 g/mol. The van der Waals surface area contributed by atoms with E-state index in [4.69, 9.17) is 5.11 Å². The number of carboxylic acid groups (broad SMARTS) is 1. The number of methoxy groups -OCH3 is 1. The number of esters is 1. The molecule has 0 aromatic heterocycles. The van der Waals surface area contributed by atoms with Crippen molar-refractivity contribution in [3.8, 4) is 5.75 Å². The maximum Gasteiger partial charge on any atom is 0.326 e. The van der Waals surface area contributed by atoms with Crippen LogP contribution in [0.2, 0.25) is 0 Å². The lowest BCUT2D eigenvalue weighted by Gasteiger charge is -2.14. The lowest BCUT2D eigenvalue weighted by atomic mass is 10.1. The molecule has 0 unspecified atom stereocenters. The lowest BCUT2D eigenvalue weighted by molar-refractivity contribution is -0.142. The fourth-order valence-electron chi connectivity index (χ4n) is 1.55. The highest BCUT2D eigenvalue weighted by atomic mass is 127. The highest BCUT2D eigenvalue weighted by Gasteiger charge is 2.23. The van der Waals surface area contributed by atoms with Gasteiger partial charge in [0.05, 0.1) is 12.7 Å². The lowest BCUT2D eigenvalue weighted by Crippen LogP contribution is -2.41. The number of phenols is 1. The van der Waals surface area contributed by atoms with Gasteiger partial charge < -0.3 is 20.3 Å². The highest BCUT2D eigenvalue weighted by molar-refractivity contribution is 14.1. The van der Waals surface area contributed by atoms with Crippen LogP contribution in [0.1, 0.15) is 23.2 Å². The number of carboxylic acids is 1. The Morgan fingerprint density at radius 3 is 2.62 bits per heavy atom. The van der Waals surface area contributed by atoms with Crippen LogP contribution in [0.5, 0.6) is 5.75 Å². The van der Waals surface area contributed by atoms with Gasteiger partial charge in [-0.15, -0.1) is 0 Å². The van der Waals surface area contributed by atoms with Crippen molar-refractivity contribution in [3.05, 3.63) is 27.3 Å². The summed E-state index contributed by atoms with van der Waals surface area (Å²) in [7, 11) is 1.20. The number of aromatic hydroxyl groups is 1. The second-order valence-electron chi connectivity index (χ2n) is 4.14. The van der Waals surface area contributed by atoms with Crippen LogP contribution in [-0.4, -0.2) is 41.2 Å². The van der Waals surface area contributed by atoms with Gasteiger partial charge in [-0.3, -0.25) is 9.59 Å². The van der Waals surface area contributed by atoms with Gasteiger partial charge in [0.2, 0.25) is 0 Å². The van der Waals surface area contributed by atoms with Crippen LogP contribution in [0, 0.1) is 3.57 Å². The molecule has 0 bridgehead atoms. The standard InChI is InChI=1S/C13H14INO6/c1-21-11(17)5-3-9(13(19)20)15-12(18)8-6-7(14)2-4-10(8)16/h2,4,6,9,16H,3,5H2,1H3,(H,15,18)(H,19,20)/t9-/m1/s1. The van der Waals surface area contributed by atoms with Crippen molar-refractivity contribution in [1.29, 1.82) is 0 Å². The molecule has 0 fully saturated rings. The fraction of sp³-hybridized carbons (Fsp3) is 0.308. The first-order chi connectivity index (χ1) is 9.85. The predicted octanol–water partition coefficient (Wildman–Crippen LogP) is 1.13. The van der Waals surface area contributed by atoms with Gasteiger partial charge in [-0.05, 0) is 47.2 Å². The van der Waals surface area contributed by atoms with Crippen LogP contribution in [-0.2, 0) is 14.3 Å². The molecule has 0 saturated heterocycles. The summed E-state index contributed by atoms with van der Waals surface area (Å²) >= 11 is 1.96. The summed E-state index contributed by atoms with van der Waals surface area (Å²) in [5.41, 5.74) is -0.0220. The number of benzene rings is 1. The van der Waals surface area contributed by atoms with E-state index in [0.29, 0.717) is 0 Å². The van der Waals surface area contributed by atoms with Crippen molar-refractivity contribution in [3.63, 3.8) is 0 Å². The van der Waals surface area contributed by atoms with Gasteiger partial charge in [0, 0.05) is 9.99 Å². The topological polar surface area (TPSA) is 113 Å². The molecule has 0 aliphatic rings. The number of carbonyl (C=O) groups is 3. The third kappa shape index (κ3) is 5.21. The largest absolute Gasteiger partial charge is 0.507 e. The van der Waals surface area contributed by atoms with Gasteiger partial charge in [0.25, 0.3) is 5.91 Å². The number of aliphatic carboxylic acids is 1. The van der Waals surface area contributed by atoms with Gasteiger partial charge in [0.1, 0.15) is 11.8 Å². The van der Waals surface area contributed by atoms with E-state index in [9.17, 15) is 19.5 Å². The summed E-state index contributed by atoms with van der Waals surface area (Å²) in [4.78, 5) is 34.1. The minimum absolute atomic E-state index is 0.0220. The molecule has 0 radical (unpaired) electrons. The van der Waals surface area contributed by atoms with Crippen LogP contribution in [0.25, 0.3) is 0 Å². The molecular weight excluding hydrogens is 393 g/mol. The van der Waals surface area contributed by atoms with E-state index in [-0.39, 0.29) is 24.2 Å². The summed E-state index contributed by atoms with van der Waals surface area (Å²) in [6.45, 7) is 0. The molecule has 114 valence electrons. The van der Waals surface area contributed by atoms with Crippen LogP contribution in [0.4, 0.5) is 0 Å². The first kappa shape index (κ1) is 17.2. The molecule has 1 aromatic carbocycles. The third-order valence-electron chi connectivity index (χ3n) is 2.67. The molecule has 1 atom stereocenters. The number of phenolic OH excluding ortho intramolecular Hbond substituents is 1. The van der Waals surface area contributed by atoms with Crippen molar-refractivity contribution >= 4 is 40.4 Å². The van der Waals surface area contributed by atoms with E-state index in [1.54, 1.807) is 6.07 Å². The Bertz CT molecular complexity index is 560. The molecule has 1 rings (SSSR count). The minimum Gasteiger partial charge on any atom is -0.507 e. The predicted molar refractivity (Wildman–Crippen MR) is 81.0 cm³/mol. The zero-order valence-corrected chi connectivity index (χ0v) is 13.3. The Morgan fingerprint density at radius 1 is 1.38 bits per heavy atom. The normalized spacial score (nSPS) is 11.5. The van der Waals surface area contributed by atoms with Crippen LogP contribution >= 0.6 is 22.6 Å². The highest BCUT2D eigenvalue weighted by Crippen LogP contribution is 2.19. The summed E-state index contributed by atoms with van der Waals surface area (Å²) in [6, 6.07) is 3.15. The Kier molecular flexibility index (Phi) is 6.40. The summed E-state index contributed by atoms with van der Waals surface area (Å²) in [5, 5.41) is 20.9. The van der Waals surface area contributed by atoms with Crippen molar-refractivity contribution in [1.82, 2.24) is 5.32 Å². The van der Waals surface area contributed by atoms with E-state index in [0.717, 1.165) is 3.57 Å². The SMILES string of the molecule is COC(=O)CC[C@@H](NC(=O)c1cc(I)ccc1O)C(=O)O. The molecule has 3 N–H and O–H groups in total. The first-order valence-electron chi connectivity index (χ1n) is 5.94. The molecule has 0 spiro atoms. The fourth-order valence-corrected chi connectivity index (χ4v) is 2.04. The number of ether oxygens (including phenoxy) is 1. The molecule has 21 heavy (non-hydrogen) atoms. The number of carbonyl (C=O) groups excluding carboxylic acids is 2. The van der Waals surface area contributed by atoms with E-state index < -0.39 is 23.9 Å². The van der Waals surface area contributed by atoms with Gasteiger partial charge >= 0.3 is 11.9 Å². The Hall–Kier alpha value is -1.84. The van der Waals surface area contributed by atoms with Gasteiger partial charge in [-0.2, -0.15) is 0 Å². The van der Waals surface area contributed by atoms with Crippen molar-refractivity contribution < 1.29 is 29.3 Å². The van der Waals surface area contributed by atoms with E-state index >= 15 is 0 Å². The Labute approximate surface area is 134 Å². The maximum absolute atomic E-state index is 12.0. The average Bonchev–Trinajstić information content (AvgIpc) is 2.44. The van der Waals surface area contributed by atoms with E-state index in [1.165, 1.54) is 19.2 Å².